The quantitative estimate of drug-likeness (QED) is 0.636. The minimum absolute atomic E-state index is 0.261. The van der Waals surface area contributed by atoms with E-state index in [1.807, 2.05) is 29.8 Å². The monoisotopic (exact) mass is 379 g/mol. The van der Waals surface area contributed by atoms with Gasteiger partial charge in [0.25, 0.3) is 0 Å². The van der Waals surface area contributed by atoms with Crippen LogP contribution in [0.3, 0.4) is 0 Å². The molecule has 1 aromatic carbocycles. The van der Waals surface area contributed by atoms with Crippen molar-refractivity contribution in [2.75, 3.05) is 6.54 Å². The van der Waals surface area contributed by atoms with Crippen molar-refractivity contribution < 1.29 is 4.79 Å². The Kier molecular flexibility index (Phi) is 5.12. The molecule has 0 unspecified atom stereocenters. The van der Waals surface area contributed by atoms with Gasteiger partial charge in [0.2, 0.25) is 5.91 Å². The Labute approximate surface area is 164 Å². The average molecular weight is 380 g/mol. The number of para-hydroxylation sites is 1. The maximum Gasteiger partial charge on any atom is 0.223 e. The van der Waals surface area contributed by atoms with Gasteiger partial charge in [-0.15, -0.1) is 11.3 Å². The molecular formula is C22H25N3OS. The third-order valence-electron chi connectivity index (χ3n) is 5.48. The number of carbonyl (C=O) groups is 1. The highest BCUT2D eigenvalue weighted by molar-refractivity contribution is 7.10. The van der Waals surface area contributed by atoms with Crippen LogP contribution in [0.15, 0.2) is 47.8 Å². The maximum absolute atomic E-state index is 12.9. The van der Waals surface area contributed by atoms with Crippen molar-refractivity contribution in [1.29, 1.82) is 0 Å². The van der Waals surface area contributed by atoms with Gasteiger partial charge in [0.1, 0.15) is 0 Å². The van der Waals surface area contributed by atoms with Gasteiger partial charge in [0.15, 0.2) is 0 Å². The molecule has 4 nitrogen and oxygen atoms in total. The first-order valence-electron chi connectivity index (χ1n) is 9.58. The Morgan fingerprint density at radius 3 is 2.74 bits per heavy atom. The predicted octanol–water partition coefficient (Wildman–Crippen LogP) is 4.85. The van der Waals surface area contributed by atoms with Crippen molar-refractivity contribution in [3.63, 3.8) is 0 Å². The van der Waals surface area contributed by atoms with Crippen LogP contribution >= 0.6 is 11.3 Å². The first-order valence-corrected chi connectivity index (χ1v) is 10.5. The topological polar surface area (TPSA) is 38.1 Å². The van der Waals surface area contributed by atoms with Crippen LogP contribution in [0.4, 0.5) is 0 Å². The average Bonchev–Trinajstić information content (AvgIpc) is 3.41. The lowest BCUT2D eigenvalue weighted by Gasteiger charge is -2.24. The van der Waals surface area contributed by atoms with Gasteiger partial charge in [-0.05, 0) is 62.3 Å². The van der Waals surface area contributed by atoms with Gasteiger partial charge in [-0.25, -0.2) is 4.68 Å². The zero-order chi connectivity index (χ0) is 18.8. The molecule has 1 saturated heterocycles. The van der Waals surface area contributed by atoms with Crippen LogP contribution in [0.25, 0.3) is 5.69 Å². The SMILES string of the molecule is Cc1nn(-c2ccccc2)c(C)c1CCC(=O)N1CCC[C@@H]1c1cccs1. The fourth-order valence-corrected chi connectivity index (χ4v) is 4.95. The summed E-state index contributed by atoms with van der Waals surface area (Å²) in [7, 11) is 0. The summed E-state index contributed by atoms with van der Waals surface area (Å²) < 4.78 is 1.99. The number of aryl methyl sites for hydroxylation is 1. The highest BCUT2D eigenvalue weighted by Gasteiger charge is 2.30. The van der Waals surface area contributed by atoms with Gasteiger partial charge < -0.3 is 4.90 Å². The lowest BCUT2D eigenvalue weighted by atomic mass is 10.1. The van der Waals surface area contributed by atoms with Gasteiger partial charge in [-0.2, -0.15) is 5.10 Å². The number of hydrogen-bond donors (Lipinski definition) is 0. The summed E-state index contributed by atoms with van der Waals surface area (Å²) in [5, 5.41) is 6.80. The molecule has 0 N–H and O–H groups in total. The van der Waals surface area contributed by atoms with E-state index in [1.54, 1.807) is 11.3 Å². The van der Waals surface area contributed by atoms with E-state index < -0.39 is 0 Å². The predicted molar refractivity (Wildman–Crippen MR) is 109 cm³/mol. The second kappa shape index (κ2) is 7.69. The normalized spacial score (nSPS) is 16.8. The smallest absolute Gasteiger partial charge is 0.223 e. The molecule has 0 bridgehead atoms. The summed E-state index contributed by atoms with van der Waals surface area (Å²) in [6.45, 7) is 5.01. The summed E-state index contributed by atoms with van der Waals surface area (Å²) in [5.74, 6) is 0.261. The Hall–Kier alpha value is -2.40. The molecular weight excluding hydrogens is 354 g/mol. The molecule has 3 heterocycles. The number of nitrogens with zero attached hydrogens (tertiary/aromatic N) is 3. The summed E-state index contributed by atoms with van der Waals surface area (Å²) in [6, 6.07) is 14.7. The Morgan fingerprint density at radius 1 is 1.19 bits per heavy atom. The number of likely N-dealkylation sites (tertiary alicyclic amines) is 1. The van der Waals surface area contributed by atoms with E-state index in [1.165, 1.54) is 10.4 Å². The van der Waals surface area contributed by atoms with Crippen LogP contribution in [0.2, 0.25) is 0 Å². The fourth-order valence-electron chi connectivity index (χ4n) is 4.07. The molecule has 0 aliphatic carbocycles. The van der Waals surface area contributed by atoms with Crippen LogP contribution in [-0.4, -0.2) is 27.1 Å². The van der Waals surface area contributed by atoms with E-state index in [0.29, 0.717) is 6.42 Å². The van der Waals surface area contributed by atoms with Gasteiger partial charge in [0, 0.05) is 23.5 Å². The highest BCUT2D eigenvalue weighted by Crippen LogP contribution is 2.35. The van der Waals surface area contributed by atoms with Crippen molar-refractivity contribution in [2.24, 2.45) is 0 Å². The number of aromatic nitrogens is 2. The first-order chi connectivity index (χ1) is 13.1. The molecule has 1 amide bonds. The summed E-state index contributed by atoms with van der Waals surface area (Å²) in [5.41, 5.74) is 4.40. The molecule has 1 fully saturated rings. The third-order valence-corrected chi connectivity index (χ3v) is 6.45. The summed E-state index contributed by atoms with van der Waals surface area (Å²) in [6.07, 6.45) is 3.47. The van der Waals surface area contributed by atoms with Crippen LogP contribution in [-0.2, 0) is 11.2 Å². The molecule has 5 heteroatoms. The molecule has 0 spiro atoms. The molecule has 27 heavy (non-hydrogen) atoms. The molecule has 140 valence electrons. The molecule has 1 atom stereocenters. The minimum atomic E-state index is 0.261. The fraction of sp³-hybridized carbons (Fsp3) is 0.364. The molecule has 3 aromatic rings. The van der Waals surface area contributed by atoms with Crippen LogP contribution in [0.1, 0.15) is 47.1 Å². The lowest BCUT2D eigenvalue weighted by molar-refractivity contribution is -0.132. The van der Waals surface area contributed by atoms with Gasteiger partial charge in [0.05, 0.1) is 17.4 Å². The standard InChI is InChI=1S/C22H25N3OS/c1-16-19(17(2)25(23-16)18-8-4-3-5-9-18)12-13-22(26)24-14-6-10-20(24)21-11-7-15-27-21/h3-5,7-9,11,15,20H,6,10,12-14H2,1-2H3/t20-/m1/s1. The molecule has 4 rings (SSSR count). The summed E-state index contributed by atoms with van der Waals surface area (Å²) >= 11 is 1.75. The van der Waals surface area contributed by atoms with Crippen LogP contribution in [0, 0.1) is 13.8 Å². The molecule has 1 aliphatic rings. The number of benzene rings is 1. The van der Waals surface area contributed by atoms with E-state index >= 15 is 0 Å². The van der Waals surface area contributed by atoms with E-state index in [2.05, 4.69) is 41.5 Å². The Morgan fingerprint density at radius 2 is 2.00 bits per heavy atom. The first kappa shape index (κ1) is 18.0. The third kappa shape index (κ3) is 3.56. The number of amides is 1. The highest BCUT2D eigenvalue weighted by atomic mass is 32.1. The van der Waals surface area contributed by atoms with Gasteiger partial charge >= 0.3 is 0 Å². The lowest BCUT2D eigenvalue weighted by Crippen LogP contribution is -2.30. The number of rotatable bonds is 5. The van der Waals surface area contributed by atoms with E-state index in [0.717, 1.165) is 42.9 Å². The van der Waals surface area contributed by atoms with E-state index in [9.17, 15) is 4.79 Å². The molecule has 0 radical (unpaired) electrons. The van der Waals surface area contributed by atoms with Crippen molar-refractivity contribution in [3.8, 4) is 5.69 Å². The second-order valence-corrected chi connectivity index (χ2v) is 8.14. The largest absolute Gasteiger partial charge is 0.335 e. The second-order valence-electron chi connectivity index (χ2n) is 7.16. The van der Waals surface area contributed by atoms with E-state index in [-0.39, 0.29) is 11.9 Å². The van der Waals surface area contributed by atoms with Crippen molar-refractivity contribution in [1.82, 2.24) is 14.7 Å². The zero-order valence-electron chi connectivity index (χ0n) is 15.9. The number of carbonyl (C=O) groups excluding carboxylic acids is 1. The Balaban J connectivity index is 1.47. The van der Waals surface area contributed by atoms with Gasteiger partial charge in [-0.3, -0.25) is 4.79 Å². The number of hydrogen-bond acceptors (Lipinski definition) is 3. The van der Waals surface area contributed by atoms with Gasteiger partial charge in [-0.1, -0.05) is 24.3 Å². The van der Waals surface area contributed by atoms with E-state index in [4.69, 9.17) is 5.10 Å². The van der Waals surface area contributed by atoms with Crippen molar-refractivity contribution in [2.45, 2.75) is 45.6 Å². The molecule has 0 saturated carbocycles. The summed E-state index contributed by atoms with van der Waals surface area (Å²) in [4.78, 5) is 16.3. The van der Waals surface area contributed by atoms with Crippen LogP contribution in [0.5, 0.6) is 0 Å². The van der Waals surface area contributed by atoms with Crippen molar-refractivity contribution >= 4 is 17.2 Å². The zero-order valence-corrected chi connectivity index (χ0v) is 16.7. The number of thiophene rings is 1. The Bertz CT molecular complexity index is 915. The maximum atomic E-state index is 12.9. The molecule has 2 aromatic heterocycles. The molecule has 1 aliphatic heterocycles. The minimum Gasteiger partial charge on any atom is -0.335 e. The van der Waals surface area contributed by atoms with Crippen LogP contribution < -0.4 is 0 Å². The van der Waals surface area contributed by atoms with Crippen molar-refractivity contribution in [3.05, 3.63) is 69.7 Å².